The summed E-state index contributed by atoms with van der Waals surface area (Å²) in [6.07, 6.45) is 2.97. The van der Waals surface area contributed by atoms with Crippen LogP contribution in [0.1, 0.15) is 35.5 Å². The number of ether oxygens (including phenoxy) is 1. The van der Waals surface area contributed by atoms with Crippen LogP contribution in [0.4, 0.5) is 0 Å². The summed E-state index contributed by atoms with van der Waals surface area (Å²) in [5, 5.41) is 1.16. The number of methoxy groups -OCH3 is 1. The third-order valence-electron chi connectivity index (χ3n) is 4.68. The zero-order valence-corrected chi connectivity index (χ0v) is 14.5. The molecule has 2 aromatic heterocycles. The summed E-state index contributed by atoms with van der Waals surface area (Å²) in [5.41, 5.74) is 3.50. The fraction of sp³-hybridized carbons (Fsp3) is 0.182. The van der Waals surface area contributed by atoms with Crippen molar-refractivity contribution in [1.82, 2.24) is 4.98 Å². The van der Waals surface area contributed by atoms with E-state index in [2.05, 4.69) is 66.6 Å². The molecular weight excluding hydrogens is 310 g/mol. The minimum Gasteiger partial charge on any atom is -0.497 e. The second-order valence-electron chi connectivity index (χ2n) is 6.16. The maximum absolute atomic E-state index is 6.13. The Hall–Kier alpha value is -2.94. The lowest BCUT2D eigenvalue weighted by atomic mass is 9.89. The molecule has 0 fully saturated rings. The maximum atomic E-state index is 6.13. The van der Waals surface area contributed by atoms with Gasteiger partial charge in [-0.15, -0.1) is 0 Å². The number of aryl methyl sites for hydroxylation is 1. The molecule has 0 aliphatic carbocycles. The summed E-state index contributed by atoms with van der Waals surface area (Å²) in [4.78, 5) is 3.38. The Balaban J connectivity index is 1.92. The van der Waals surface area contributed by atoms with Crippen LogP contribution in [0.5, 0.6) is 5.75 Å². The van der Waals surface area contributed by atoms with Gasteiger partial charge in [0.25, 0.3) is 0 Å². The average molecular weight is 331 g/mol. The quantitative estimate of drug-likeness (QED) is 0.523. The Bertz CT molecular complexity index is 982. The number of rotatable bonds is 5. The maximum Gasteiger partial charge on any atom is 0.119 e. The SMILES string of the molecule is CCc1ccc(C(c2ccccc2)c2c[nH]c3ccc(OC)cc23)o1. The zero-order chi connectivity index (χ0) is 17.2. The zero-order valence-electron chi connectivity index (χ0n) is 14.5. The molecular formula is C22H21NO2. The molecule has 25 heavy (non-hydrogen) atoms. The molecule has 4 aromatic rings. The van der Waals surface area contributed by atoms with Crippen molar-refractivity contribution in [3.63, 3.8) is 0 Å². The number of hydrogen-bond acceptors (Lipinski definition) is 2. The fourth-order valence-corrected chi connectivity index (χ4v) is 3.37. The molecule has 3 nitrogen and oxygen atoms in total. The van der Waals surface area contributed by atoms with E-state index in [0.29, 0.717) is 0 Å². The number of nitrogens with one attached hydrogen (secondary N) is 1. The van der Waals surface area contributed by atoms with Crippen molar-refractivity contribution in [1.29, 1.82) is 0 Å². The summed E-state index contributed by atoms with van der Waals surface area (Å²) in [5.74, 6) is 2.87. The molecule has 3 heteroatoms. The number of hydrogen-bond donors (Lipinski definition) is 1. The summed E-state index contributed by atoms with van der Waals surface area (Å²) >= 11 is 0. The normalized spacial score (nSPS) is 12.4. The second kappa shape index (κ2) is 6.52. The molecule has 2 heterocycles. The highest BCUT2D eigenvalue weighted by atomic mass is 16.5. The number of H-pyrrole nitrogens is 1. The Morgan fingerprint density at radius 3 is 2.60 bits per heavy atom. The monoisotopic (exact) mass is 331 g/mol. The highest BCUT2D eigenvalue weighted by Crippen LogP contribution is 2.38. The minimum absolute atomic E-state index is 0.0438. The van der Waals surface area contributed by atoms with Crippen molar-refractivity contribution in [2.75, 3.05) is 7.11 Å². The van der Waals surface area contributed by atoms with E-state index >= 15 is 0 Å². The molecule has 1 unspecified atom stereocenters. The molecule has 2 aromatic carbocycles. The van der Waals surface area contributed by atoms with E-state index in [0.717, 1.165) is 34.6 Å². The largest absolute Gasteiger partial charge is 0.497 e. The van der Waals surface area contributed by atoms with Crippen LogP contribution in [0.15, 0.2) is 71.3 Å². The van der Waals surface area contributed by atoms with E-state index < -0.39 is 0 Å². The summed E-state index contributed by atoms with van der Waals surface area (Å²) < 4.78 is 11.6. The van der Waals surface area contributed by atoms with E-state index in [1.165, 1.54) is 11.1 Å². The van der Waals surface area contributed by atoms with Gasteiger partial charge in [0.2, 0.25) is 0 Å². The van der Waals surface area contributed by atoms with Gasteiger partial charge in [-0.25, -0.2) is 0 Å². The molecule has 0 saturated heterocycles. The number of aromatic amines is 1. The van der Waals surface area contributed by atoms with Crippen molar-refractivity contribution in [2.45, 2.75) is 19.3 Å². The van der Waals surface area contributed by atoms with Gasteiger partial charge in [0.05, 0.1) is 13.0 Å². The first kappa shape index (κ1) is 15.6. The van der Waals surface area contributed by atoms with Crippen LogP contribution in [0.3, 0.4) is 0 Å². The highest BCUT2D eigenvalue weighted by molar-refractivity contribution is 5.86. The van der Waals surface area contributed by atoms with Crippen molar-refractivity contribution >= 4 is 10.9 Å². The van der Waals surface area contributed by atoms with Gasteiger partial charge < -0.3 is 14.1 Å². The molecule has 0 radical (unpaired) electrons. The fourth-order valence-electron chi connectivity index (χ4n) is 3.37. The van der Waals surface area contributed by atoms with Crippen LogP contribution in [0.2, 0.25) is 0 Å². The van der Waals surface area contributed by atoms with E-state index in [4.69, 9.17) is 9.15 Å². The van der Waals surface area contributed by atoms with Crippen LogP contribution >= 0.6 is 0 Å². The van der Waals surface area contributed by atoms with Gasteiger partial charge in [0, 0.05) is 23.5 Å². The molecule has 126 valence electrons. The van der Waals surface area contributed by atoms with E-state index in [1.54, 1.807) is 7.11 Å². The molecule has 1 N–H and O–H groups in total. The summed E-state index contributed by atoms with van der Waals surface area (Å²) in [6, 6.07) is 20.8. The van der Waals surface area contributed by atoms with Crippen LogP contribution < -0.4 is 4.74 Å². The topological polar surface area (TPSA) is 38.2 Å². The molecule has 0 bridgehead atoms. The van der Waals surface area contributed by atoms with Crippen LogP contribution in [-0.4, -0.2) is 12.1 Å². The van der Waals surface area contributed by atoms with Crippen molar-refractivity contribution in [3.8, 4) is 5.75 Å². The second-order valence-corrected chi connectivity index (χ2v) is 6.16. The van der Waals surface area contributed by atoms with Gasteiger partial charge >= 0.3 is 0 Å². The third kappa shape index (κ3) is 2.82. The molecule has 0 saturated carbocycles. The van der Waals surface area contributed by atoms with E-state index in [-0.39, 0.29) is 5.92 Å². The van der Waals surface area contributed by atoms with Gasteiger partial charge in [-0.2, -0.15) is 0 Å². The first-order chi connectivity index (χ1) is 12.3. The number of benzene rings is 2. The van der Waals surface area contributed by atoms with Gasteiger partial charge in [-0.3, -0.25) is 0 Å². The standard InChI is InChI=1S/C22H21NO2/c1-3-16-10-12-21(25-16)22(15-7-5-4-6-8-15)19-14-23-20-11-9-17(24-2)13-18(19)20/h4-14,22-23H,3H2,1-2H3. The Morgan fingerprint density at radius 2 is 1.88 bits per heavy atom. The van der Waals surface area contributed by atoms with Gasteiger partial charge in [0.15, 0.2) is 0 Å². The van der Waals surface area contributed by atoms with Gasteiger partial charge in [-0.05, 0) is 41.5 Å². The average Bonchev–Trinajstić information content (AvgIpc) is 3.30. The lowest BCUT2D eigenvalue weighted by molar-refractivity contribution is 0.415. The summed E-state index contributed by atoms with van der Waals surface area (Å²) in [6.45, 7) is 2.11. The van der Waals surface area contributed by atoms with Crippen molar-refractivity contribution < 1.29 is 9.15 Å². The van der Waals surface area contributed by atoms with E-state index in [9.17, 15) is 0 Å². The molecule has 4 rings (SSSR count). The minimum atomic E-state index is 0.0438. The number of fused-ring (bicyclic) bond motifs is 1. The van der Waals surface area contributed by atoms with Crippen molar-refractivity contribution in [3.05, 3.63) is 89.5 Å². The Morgan fingerprint density at radius 1 is 1.04 bits per heavy atom. The first-order valence-corrected chi connectivity index (χ1v) is 8.58. The molecule has 0 spiro atoms. The lowest BCUT2D eigenvalue weighted by Crippen LogP contribution is -2.01. The molecule has 0 aliphatic heterocycles. The van der Waals surface area contributed by atoms with Gasteiger partial charge in [0.1, 0.15) is 17.3 Å². The smallest absolute Gasteiger partial charge is 0.119 e. The summed E-state index contributed by atoms with van der Waals surface area (Å²) in [7, 11) is 1.70. The Labute approximate surface area is 147 Å². The predicted molar refractivity (Wildman–Crippen MR) is 100 cm³/mol. The third-order valence-corrected chi connectivity index (χ3v) is 4.68. The van der Waals surface area contributed by atoms with Crippen LogP contribution in [0.25, 0.3) is 10.9 Å². The molecule has 0 amide bonds. The number of furan rings is 1. The van der Waals surface area contributed by atoms with Crippen LogP contribution in [0, 0.1) is 0 Å². The lowest BCUT2D eigenvalue weighted by Gasteiger charge is -2.15. The van der Waals surface area contributed by atoms with Gasteiger partial charge in [-0.1, -0.05) is 37.3 Å². The highest BCUT2D eigenvalue weighted by Gasteiger charge is 2.23. The molecule has 1 atom stereocenters. The number of aromatic nitrogens is 1. The molecule has 0 aliphatic rings. The predicted octanol–water partition coefficient (Wildman–Crippen LogP) is 5.51. The van der Waals surface area contributed by atoms with E-state index in [1.807, 2.05) is 12.1 Å². The Kier molecular flexibility index (Phi) is 4.06. The van der Waals surface area contributed by atoms with Crippen LogP contribution in [-0.2, 0) is 6.42 Å². The van der Waals surface area contributed by atoms with Crippen molar-refractivity contribution in [2.24, 2.45) is 0 Å². The first-order valence-electron chi connectivity index (χ1n) is 8.58.